The van der Waals surface area contributed by atoms with Crippen LogP contribution in [-0.2, 0) is 11.2 Å². The quantitative estimate of drug-likeness (QED) is 0.694. The summed E-state index contributed by atoms with van der Waals surface area (Å²) in [6.45, 7) is 1.83. The molecule has 0 unspecified atom stereocenters. The molecule has 1 N–H and O–H groups in total. The predicted molar refractivity (Wildman–Crippen MR) is 79.7 cm³/mol. The number of halogens is 1. The first-order valence-corrected chi connectivity index (χ1v) is 6.51. The summed E-state index contributed by atoms with van der Waals surface area (Å²) in [4.78, 5) is 15.7. The third kappa shape index (κ3) is 4.17. The van der Waals surface area contributed by atoms with E-state index in [0.717, 1.165) is 16.8 Å². The summed E-state index contributed by atoms with van der Waals surface area (Å²) in [5.41, 5.74) is 5.02. The van der Waals surface area contributed by atoms with Crippen molar-refractivity contribution in [1.82, 2.24) is 10.4 Å². The second kappa shape index (κ2) is 6.82. The van der Waals surface area contributed by atoms with Gasteiger partial charge in [0.1, 0.15) is 0 Å². The van der Waals surface area contributed by atoms with Crippen LogP contribution in [0.25, 0.3) is 0 Å². The number of amides is 1. The fourth-order valence-corrected chi connectivity index (χ4v) is 1.76. The minimum Gasteiger partial charge on any atom is -0.273 e. The highest BCUT2D eigenvalue weighted by molar-refractivity contribution is 6.30. The summed E-state index contributed by atoms with van der Waals surface area (Å²) in [7, 11) is 0. The van der Waals surface area contributed by atoms with Crippen molar-refractivity contribution in [3.63, 3.8) is 0 Å². The van der Waals surface area contributed by atoms with Crippen molar-refractivity contribution in [2.24, 2.45) is 5.10 Å². The maximum absolute atomic E-state index is 11.7. The maximum Gasteiger partial charge on any atom is 0.244 e. The molecule has 5 heteroatoms. The van der Waals surface area contributed by atoms with Gasteiger partial charge in [-0.1, -0.05) is 29.8 Å². The molecule has 2 aromatic rings. The minimum atomic E-state index is -0.175. The molecule has 0 aliphatic rings. The molecule has 20 heavy (non-hydrogen) atoms. The monoisotopic (exact) mass is 287 g/mol. The summed E-state index contributed by atoms with van der Waals surface area (Å²) < 4.78 is 0. The Kier molecular flexibility index (Phi) is 4.85. The molecule has 0 fully saturated rings. The molecule has 0 saturated carbocycles. The average molecular weight is 288 g/mol. The Morgan fingerprint density at radius 3 is 2.70 bits per heavy atom. The number of aromatic nitrogens is 1. The summed E-state index contributed by atoms with van der Waals surface area (Å²) in [5, 5.41) is 4.74. The molecule has 102 valence electrons. The molecule has 0 radical (unpaired) electrons. The Bertz CT molecular complexity index is 609. The van der Waals surface area contributed by atoms with Crippen LogP contribution in [-0.4, -0.2) is 16.6 Å². The van der Waals surface area contributed by atoms with Gasteiger partial charge in [0.25, 0.3) is 0 Å². The van der Waals surface area contributed by atoms with Gasteiger partial charge in [0.15, 0.2) is 0 Å². The normalized spacial score (nSPS) is 11.2. The number of carbonyl (C=O) groups is 1. The van der Waals surface area contributed by atoms with Crippen LogP contribution < -0.4 is 5.43 Å². The molecule has 4 nitrogen and oxygen atoms in total. The Morgan fingerprint density at radius 2 is 2.05 bits per heavy atom. The fraction of sp³-hybridized carbons (Fsp3) is 0.133. The van der Waals surface area contributed by atoms with Crippen LogP contribution in [0.15, 0.2) is 53.9 Å². The van der Waals surface area contributed by atoms with E-state index in [9.17, 15) is 4.79 Å². The van der Waals surface area contributed by atoms with Crippen molar-refractivity contribution >= 4 is 23.2 Å². The number of pyridine rings is 1. The first-order chi connectivity index (χ1) is 9.65. The SMILES string of the molecule is C/C(=N/NC(=O)Cc1cccnc1)c1ccc(Cl)cc1. The molecule has 0 atom stereocenters. The highest BCUT2D eigenvalue weighted by Crippen LogP contribution is 2.10. The Hall–Kier alpha value is -2.20. The molecular weight excluding hydrogens is 274 g/mol. The van der Waals surface area contributed by atoms with Crippen molar-refractivity contribution in [3.8, 4) is 0 Å². The fourth-order valence-electron chi connectivity index (χ4n) is 1.63. The molecule has 1 aromatic heterocycles. The van der Waals surface area contributed by atoms with Gasteiger partial charge in [-0.05, 0) is 36.2 Å². The van der Waals surface area contributed by atoms with Crippen LogP contribution in [0.1, 0.15) is 18.1 Å². The smallest absolute Gasteiger partial charge is 0.244 e. The molecule has 0 bridgehead atoms. The standard InChI is InChI=1S/C15H14ClN3O/c1-11(13-4-6-14(16)7-5-13)18-19-15(20)9-12-3-2-8-17-10-12/h2-8,10H,9H2,1H3,(H,19,20)/b18-11-. The van der Waals surface area contributed by atoms with E-state index < -0.39 is 0 Å². The Balaban J connectivity index is 1.95. The topological polar surface area (TPSA) is 54.4 Å². The third-order valence-corrected chi connectivity index (χ3v) is 2.95. The van der Waals surface area contributed by atoms with E-state index >= 15 is 0 Å². The van der Waals surface area contributed by atoms with Crippen LogP contribution in [0.3, 0.4) is 0 Å². The Morgan fingerprint density at radius 1 is 1.30 bits per heavy atom. The van der Waals surface area contributed by atoms with Gasteiger partial charge in [-0.15, -0.1) is 0 Å². The third-order valence-electron chi connectivity index (χ3n) is 2.70. The number of nitrogens with zero attached hydrogens (tertiary/aromatic N) is 2. The maximum atomic E-state index is 11.7. The van der Waals surface area contributed by atoms with Crippen molar-refractivity contribution in [2.45, 2.75) is 13.3 Å². The van der Waals surface area contributed by atoms with E-state index in [4.69, 9.17) is 11.6 Å². The first-order valence-electron chi connectivity index (χ1n) is 6.13. The van der Waals surface area contributed by atoms with Crippen molar-refractivity contribution in [1.29, 1.82) is 0 Å². The Labute approximate surface area is 122 Å². The van der Waals surface area contributed by atoms with Crippen LogP contribution in [0.5, 0.6) is 0 Å². The molecular formula is C15H14ClN3O. The van der Waals surface area contributed by atoms with Gasteiger partial charge in [-0.25, -0.2) is 5.43 Å². The lowest BCUT2D eigenvalue weighted by molar-refractivity contribution is -0.120. The molecule has 0 saturated heterocycles. The van der Waals surface area contributed by atoms with Crippen molar-refractivity contribution in [3.05, 3.63) is 64.9 Å². The summed E-state index contributed by atoms with van der Waals surface area (Å²) in [6.07, 6.45) is 3.59. The predicted octanol–water partition coefficient (Wildman–Crippen LogP) is 2.82. The van der Waals surface area contributed by atoms with Gasteiger partial charge in [-0.2, -0.15) is 5.10 Å². The second-order valence-electron chi connectivity index (χ2n) is 4.28. The average Bonchev–Trinajstić information content (AvgIpc) is 2.46. The molecule has 1 aromatic carbocycles. The van der Waals surface area contributed by atoms with Crippen LogP contribution in [0.4, 0.5) is 0 Å². The molecule has 0 aliphatic heterocycles. The zero-order valence-corrected chi connectivity index (χ0v) is 11.8. The van der Waals surface area contributed by atoms with E-state index in [1.54, 1.807) is 30.6 Å². The molecule has 0 aliphatic carbocycles. The first kappa shape index (κ1) is 14.2. The minimum absolute atomic E-state index is 0.175. The van der Waals surface area contributed by atoms with Gasteiger partial charge < -0.3 is 0 Å². The molecule has 1 amide bonds. The van der Waals surface area contributed by atoms with Crippen LogP contribution >= 0.6 is 11.6 Å². The van der Waals surface area contributed by atoms with Crippen molar-refractivity contribution < 1.29 is 4.79 Å². The van der Waals surface area contributed by atoms with E-state index in [2.05, 4.69) is 15.5 Å². The number of rotatable bonds is 4. The summed E-state index contributed by atoms with van der Waals surface area (Å²) in [6, 6.07) is 10.9. The lowest BCUT2D eigenvalue weighted by atomic mass is 10.1. The second-order valence-corrected chi connectivity index (χ2v) is 4.71. The zero-order chi connectivity index (χ0) is 14.4. The largest absolute Gasteiger partial charge is 0.273 e. The number of hydrazone groups is 1. The van der Waals surface area contributed by atoms with E-state index in [-0.39, 0.29) is 12.3 Å². The lowest BCUT2D eigenvalue weighted by Crippen LogP contribution is -2.21. The zero-order valence-electron chi connectivity index (χ0n) is 11.0. The van der Waals surface area contributed by atoms with Gasteiger partial charge >= 0.3 is 0 Å². The van der Waals surface area contributed by atoms with Crippen molar-refractivity contribution in [2.75, 3.05) is 0 Å². The van der Waals surface area contributed by atoms with E-state index in [1.165, 1.54) is 0 Å². The molecule has 2 rings (SSSR count). The molecule has 1 heterocycles. The van der Waals surface area contributed by atoms with Crippen LogP contribution in [0.2, 0.25) is 5.02 Å². The van der Waals surface area contributed by atoms with Crippen LogP contribution in [0, 0.1) is 0 Å². The summed E-state index contributed by atoms with van der Waals surface area (Å²) in [5.74, 6) is -0.175. The number of benzene rings is 1. The molecule has 0 spiro atoms. The highest BCUT2D eigenvalue weighted by Gasteiger charge is 2.03. The van der Waals surface area contributed by atoms with Gasteiger partial charge in [0, 0.05) is 17.4 Å². The summed E-state index contributed by atoms with van der Waals surface area (Å²) >= 11 is 5.82. The number of hydrogen-bond acceptors (Lipinski definition) is 3. The highest BCUT2D eigenvalue weighted by atomic mass is 35.5. The van der Waals surface area contributed by atoms with E-state index in [0.29, 0.717) is 5.02 Å². The van der Waals surface area contributed by atoms with Gasteiger partial charge in [0.05, 0.1) is 12.1 Å². The number of hydrogen-bond donors (Lipinski definition) is 1. The lowest BCUT2D eigenvalue weighted by Gasteiger charge is -2.03. The number of nitrogens with one attached hydrogen (secondary N) is 1. The van der Waals surface area contributed by atoms with E-state index in [1.807, 2.05) is 25.1 Å². The van der Waals surface area contributed by atoms with Gasteiger partial charge in [0.2, 0.25) is 5.91 Å². The van der Waals surface area contributed by atoms with Gasteiger partial charge in [-0.3, -0.25) is 9.78 Å². The number of carbonyl (C=O) groups excluding carboxylic acids is 1.